The van der Waals surface area contributed by atoms with Gasteiger partial charge in [0, 0.05) is 32.4 Å². The summed E-state index contributed by atoms with van der Waals surface area (Å²) in [7, 11) is 1.79. The van der Waals surface area contributed by atoms with Crippen LogP contribution in [0.2, 0.25) is 0 Å². The van der Waals surface area contributed by atoms with Gasteiger partial charge in [0.05, 0.1) is 18.3 Å². The third-order valence-electron chi connectivity index (χ3n) is 11.1. The maximum atomic E-state index is 11.8. The van der Waals surface area contributed by atoms with Crippen molar-refractivity contribution in [3.8, 4) is 6.07 Å². The quantitative estimate of drug-likeness (QED) is 0.363. The van der Waals surface area contributed by atoms with Gasteiger partial charge in [0.2, 0.25) is 0 Å². The predicted molar refractivity (Wildman–Crippen MR) is 155 cm³/mol. The number of hydrogen-bond donors (Lipinski definition) is 1. The molecule has 0 bridgehead atoms. The van der Waals surface area contributed by atoms with Crippen molar-refractivity contribution in [3.05, 3.63) is 23.9 Å². The fourth-order valence-electron chi connectivity index (χ4n) is 9.05. The summed E-state index contributed by atoms with van der Waals surface area (Å²) < 4.78 is 12.2. The van der Waals surface area contributed by atoms with Crippen LogP contribution in [0.15, 0.2) is 18.3 Å². The van der Waals surface area contributed by atoms with E-state index in [1.54, 1.807) is 19.2 Å². The van der Waals surface area contributed by atoms with E-state index in [-0.39, 0.29) is 5.41 Å². The van der Waals surface area contributed by atoms with Crippen molar-refractivity contribution in [1.82, 2.24) is 4.98 Å². The molecule has 6 heteroatoms. The molecule has 8 atom stereocenters. The van der Waals surface area contributed by atoms with Crippen LogP contribution < -0.4 is 5.32 Å². The van der Waals surface area contributed by atoms with Gasteiger partial charge in [-0.2, -0.15) is 5.26 Å². The molecule has 0 radical (unpaired) electrons. The highest BCUT2D eigenvalue weighted by atomic mass is 16.5. The lowest BCUT2D eigenvalue weighted by Gasteiger charge is -2.62. The Morgan fingerprint density at radius 2 is 1.97 bits per heavy atom. The van der Waals surface area contributed by atoms with Gasteiger partial charge in [-0.15, -0.1) is 0 Å². The van der Waals surface area contributed by atoms with Gasteiger partial charge in [-0.05, 0) is 131 Å². The minimum Gasteiger partial charge on any atom is -0.381 e. The maximum absolute atomic E-state index is 11.8. The first kappa shape index (κ1) is 30.0. The number of hydrogen-bond acceptors (Lipinski definition) is 6. The number of anilines is 1. The van der Waals surface area contributed by atoms with Gasteiger partial charge in [-0.1, -0.05) is 6.92 Å². The Balaban J connectivity index is 0.000000298. The molecule has 8 unspecified atom stereocenters. The number of carbonyl (C=O) groups is 1. The summed E-state index contributed by atoms with van der Waals surface area (Å²) in [6, 6.07) is 5.47. The Bertz CT molecular complexity index is 975. The van der Waals surface area contributed by atoms with Crippen molar-refractivity contribution in [2.24, 2.45) is 46.3 Å². The maximum Gasteiger partial charge on any atom is 0.125 e. The monoisotopic (exact) mass is 537 g/mol. The number of pyridine rings is 1. The van der Waals surface area contributed by atoms with Gasteiger partial charge in [0.25, 0.3) is 0 Å². The molecule has 0 aromatic carbocycles. The standard InChI is InChI=1S/C26H44O3.C7H7N3/c1-5-28-16-19-10-13-26(17-29-18(2)3)20(14-19)6-8-22-23-9-7-21(15-27)25(23,4)12-11-24(22)26;1-9-7-3-2-6(4-8)5-10-7/h15,18-24H,5-14,16-17H2,1-4H3;2-3,5H,1H3,(H,9,10). The molecule has 1 aromatic rings. The predicted octanol–water partition coefficient (Wildman–Crippen LogP) is 6.90. The van der Waals surface area contributed by atoms with Crippen molar-refractivity contribution >= 4 is 12.1 Å². The summed E-state index contributed by atoms with van der Waals surface area (Å²) in [5.74, 6) is 4.99. The molecule has 6 nitrogen and oxygen atoms in total. The van der Waals surface area contributed by atoms with Crippen LogP contribution in [-0.2, 0) is 14.3 Å². The van der Waals surface area contributed by atoms with Crippen molar-refractivity contribution in [2.75, 3.05) is 32.2 Å². The highest BCUT2D eigenvalue weighted by molar-refractivity contribution is 5.56. The third kappa shape index (κ3) is 6.20. The third-order valence-corrected chi connectivity index (χ3v) is 11.1. The van der Waals surface area contributed by atoms with E-state index in [4.69, 9.17) is 14.7 Å². The first-order valence-corrected chi connectivity index (χ1v) is 15.5. The van der Waals surface area contributed by atoms with Crippen molar-refractivity contribution in [2.45, 2.75) is 91.6 Å². The van der Waals surface area contributed by atoms with Crippen molar-refractivity contribution in [3.63, 3.8) is 0 Å². The van der Waals surface area contributed by atoms with E-state index >= 15 is 0 Å². The normalized spacial score (nSPS) is 36.9. The summed E-state index contributed by atoms with van der Waals surface area (Å²) in [6.45, 7) is 11.7. The van der Waals surface area contributed by atoms with E-state index in [9.17, 15) is 4.79 Å². The second kappa shape index (κ2) is 13.1. The van der Waals surface area contributed by atoms with Crippen LogP contribution in [0.4, 0.5) is 5.82 Å². The Hall–Kier alpha value is -1.97. The Morgan fingerprint density at radius 3 is 2.62 bits per heavy atom. The second-order valence-corrected chi connectivity index (χ2v) is 13.2. The first-order chi connectivity index (χ1) is 18.8. The second-order valence-electron chi connectivity index (χ2n) is 13.2. The average Bonchev–Trinajstić information content (AvgIpc) is 3.31. The van der Waals surface area contributed by atoms with Gasteiger partial charge in [0.1, 0.15) is 18.2 Å². The van der Waals surface area contributed by atoms with E-state index in [2.05, 4.69) is 38.0 Å². The minimum atomic E-state index is 0.266. The molecule has 4 aliphatic rings. The molecule has 0 aliphatic heterocycles. The van der Waals surface area contributed by atoms with E-state index < -0.39 is 0 Å². The molecule has 0 spiro atoms. The van der Waals surface area contributed by atoms with Crippen LogP contribution in [0.3, 0.4) is 0 Å². The van der Waals surface area contributed by atoms with Gasteiger partial charge in [-0.25, -0.2) is 4.98 Å². The zero-order valence-corrected chi connectivity index (χ0v) is 25.0. The molecule has 39 heavy (non-hydrogen) atoms. The van der Waals surface area contributed by atoms with Crippen molar-refractivity contribution in [1.29, 1.82) is 5.26 Å². The molecule has 0 saturated heterocycles. The Labute approximate surface area is 236 Å². The number of fused-ring (bicyclic) bond motifs is 5. The number of rotatable bonds is 8. The fourth-order valence-corrected chi connectivity index (χ4v) is 9.05. The van der Waals surface area contributed by atoms with Crippen LogP contribution in [0.1, 0.15) is 91.0 Å². The SMILES string of the molecule is CCOCC1CCC2(COC(C)C)C(CCC3C4CCC(C=O)C4(C)CCC32)C1.CNc1ccc(C#N)cn1. The number of nitriles is 1. The molecule has 4 saturated carbocycles. The molecule has 5 rings (SSSR count). The molecule has 1 heterocycles. The van der Waals surface area contributed by atoms with Gasteiger partial charge >= 0.3 is 0 Å². The van der Waals surface area contributed by atoms with Crippen LogP contribution in [0.5, 0.6) is 0 Å². The van der Waals surface area contributed by atoms with Crippen LogP contribution in [0, 0.1) is 57.7 Å². The lowest BCUT2D eigenvalue weighted by molar-refractivity contribution is -0.165. The number of carbonyl (C=O) groups excluding carboxylic acids is 1. The number of ether oxygens (including phenoxy) is 2. The molecule has 1 aromatic heterocycles. The van der Waals surface area contributed by atoms with Gasteiger partial charge in [-0.3, -0.25) is 0 Å². The topological polar surface area (TPSA) is 84.2 Å². The number of nitrogens with zero attached hydrogens (tertiary/aromatic N) is 2. The Morgan fingerprint density at radius 1 is 1.15 bits per heavy atom. The molecule has 4 fully saturated rings. The largest absolute Gasteiger partial charge is 0.381 e. The van der Waals surface area contributed by atoms with Crippen LogP contribution in [-0.4, -0.2) is 44.2 Å². The average molecular weight is 538 g/mol. The number of aldehydes is 1. The van der Waals surface area contributed by atoms with Crippen LogP contribution in [0.25, 0.3) is 0 Å². The van der Waals surface area contributed by atoms with Crippen LogP contribution >= 0.6 is 0 Å². The number of nitrogens with one attached hydrogen (secondary N) is 1. The smallest absolute Gasteiger partial charge is 0.125 e. The summed E-state index contributed by atoms with van der Waals surface area (Å²) in [5.41, 5.74) is 1.22. The highest BCUT2D eigenvalue weighted by Gasteiger charge is 2.61. The van der Waals surface area contributed by atoms with E-state index in [1.165, 1.54) is 63.8 Å². The minimum absolute atomic E-state index is 0.266. The summed E-state index contributed by atoms with van der Waals surface area (Å²) in [4.78, 5) is 15.7. The zero-order chi connectivity index (χ0) is 28.0. The summed E-state index contributed by atoms with van der Waals surface area (Å²) in [5, 5.41) is 11.2. The fraction of sp³-hybridized carbons (Fsp3) is 0.788. The van der Waals surface area contributed by atoms with E-state index in [0.29, 0.717) is 23.0 Å². The lowest BCUT2D eigenvalue weighted by atomic mass is 9.44. The molecule has 1 N–H and O–H groups in total. The molecular formula is C33H51N3O3. The molecule has 0 amide bonds. The highest BCUT2D eigenvalue weighted by Crippen LogP contribution is 2.67. The van der Waals surface area contributed by atoms with E-state index in [0.717, 1.165) is 61.6 Å². The first-order valence-electron chi connectivity index (χ1n) is 15.5. The summed E-state index contributed by atoms with van der Waals surface area (Å²) in [6.07, 6.45) is 14.8. The number of aromatic nitrogens is 1. The summed E-state index contributed by atoms with van der Waals surface area (Å²) >= 11 is 0. The van der Waals surface area contributed by atoms with Gasteiger partial charge in [0.15, 0.2) is 0 Å². The molecule has 4 aliphatic carbocycles. The van der Waals surface area contributed by atoms with Crippen molar-refractivity contribution < 1.29 is 14.3 Å². The lowest BCUT2D eigenvalue weighted by Crippen LogP contribution is -2.56. The van der Waals surface area contributed by atoms with Gasteiger partial charge < -0.3 is 19.6 Å². The molecular weight excluding hydrogens is 486 g/mol. The zero-order valence-electron chi connectivity index (χ0n) is 25.0. The van der Waals surface area contributed by atoms with E-state index in [1.807, 2.05) is 6.07 Å². The Kier molecular flexibility index (Phi) is 10.1. The molecule has 216 valence electrons.